The molecule has 1 N–H and O–H groups in total. The van der Waals surface area contributed by atoms with E-state index < -0.39 is 5.97 Å². The normalized spacial score (nSPS) is 14.3. The van der Waals surface area contributed by atoms with Crippen molar-refractivity contribution in [2.75, 3.05) is 13.1 Å². The average Bonchev–Trinajstić information content (AvgIpc) is 3.30. The van der Waals surface area contributed by atoms with E-state index in [9.17, 15) is 9.90 Å². The zero-order valence-electron chi connectivity index (χ0n) is 18.7. The molecule has 0 amide bonds. The van der Waals surface area contributed by atoms with Crippen LogP contribution in [0.15, 0.2) is 84.8 Å². The Balaban J connectivity index is 1.38. The van der Waals surface area contributed by atoms with Crippen LogP contribution >= 0.6 is 0 Å². The van der Waals surface area contributed by atoms with E-state index in [1.54, 1.807) is 6.33 Å². The minimum atomic E-state index is -0.862. The third-order valence-corrected chi connectivity index (χ3v) is 6.42. The van der Waals surface area contributed by atoms with Gasteiger partial charge in [-0.2, -0.15) is 5.26 Å². The van der Waals surface area contributed by atoms with Gasteiger partial charge in [-0.3, -0.25) is 4.90 Å². The maximum Gasteiger partial charge on any atom is 0.333 e. The highest BCUT2D eigenvalue weighted by Crippen LogP contribution is 2.33. The Labute approximate surface area is 198 Å². The first kappa shape index (κ1) is 21.6. The molecule has 3 aromatic carbocycles. The van der Waals surface area contributed by atoms with Gasteiger partial charge in [0.15, 0.2) is 0 Å². The summed E-state index contributed by atoms with van der Waals surface area (Å²) in [6.07, 6.45) is 4.32. The maximum atomic E-state index is 12.3. The van der Waals surface area contributed by atoms with E-state index in [-0.39, 0.29) is 0 Å². The molecule has 6 nitrogen and oxygen atoms in total. The molecule has 2 heterocycles. The van der Waals surface area contributed by atoms with E-state index in [0.29, 0.717) is 37.2 Å². The number of benzene rings is 3. The minimum Gasteiger partial charge on any atom is -0.478 e. The number of hydrogen-bond acceptors (Lipinski definition) is 4. The Hall–Kier alpha value is -4.21. The smallest absolute Gasteiger partial charge is 0.333 e. The molecule has 6 heteroatoms. The van der Waals surface area contributed by atoms with Gasteiger partial charge < -0.3 is 9.67 Å². The van der Waals surface area contributed by atoms with Gasteiger partial charge in [-0.05, 0) is 46.0 Å². The highest BCUT2D eigenvalue weighted by Gasteiger charge is 2.26. The number of carboxylic acid groups (broad SMARTS) is 1. The first-order chi connectivity index (χ1) is 16.6. The summed E-state index contributed by atoms with van der Waals surface area (Å²) in [5.74, 6) is -0.862. The topological polar surface area (TPSA) is 82.2 Å². The maximum absolute atomic E-state index is 12.3. The van der Waals surface area contributed by atoms with Crippen LogP contribution in [0.5, 0.6) is 0 Å². The Morgan fingerprint density at radius 2 is 1.82 bits per heavy atom. The molecule has 0 radical (unpaired) electrons. The second-order valence-electron chi connectivity index (χ2n) is 8.57. The van der Waals surface area contributed by atoms with Crippen molar-refractivity contribution < 1.29 is 9.90 Å². The van der Waals surface area contributed by atoms with Gasteiger partial charge in [0.25, 0.3) is 0 Å². The zero-order valence-corrected chi connectivity index (χ0v) is 18.7. The summed E-state index contributed by atoms with van der Waals surface area (Å²) >= 11 is 0. The van der Waals surface area contributed by atoms with Gasteiger partial charge in [0.2, 0.25) is 0 Å². The van der Waals surface area contributed by atoms with Crippen molar-refractivity contribution in [2.24, 2.45) is 0 Å². The average molecular weight is 449 g/mol. The SMILES string of the molecule is N#Cc1ccc(Cn2cncc2CN2CCC(c3cccc4ccccc34)=C(C(=O)O)C2)cc1. The predicted octanol–water partition coefficient (Wildman–Crippen LogP) is 4.70. The number of nitrogens with zero attached hydrogens (tertiary/aromatic N) is 4. The molecule has 34 heavy (non-hydrogen) atoms. The van der Waals surface area contributed by atoms with Crippen LogP contribution in [-0.4, -0.2) is 38.6 Å². The van der Waals surface area contributed by atoms with Gasteiger partial charge in [-0.15, -0.1) is 0 Å². The molecule has 1 aliphatic heterocycles. The summed E-state index contributed by atoms with van der Waals surface area (Å²) < 4.78 is 2.08. The van der Waals surface area contributed by atoms with Crippen molar-refractivity contribution in [3.8, 4) is 6.07 Å². The van der Waals surface area contributed by atoms with Crippen LogP contribution in [-0.2, 0) is 17.9 Å². The third-order valence-electron chi connectivity index (χ3n) is 6.42. The van der Waals surface area contributed by atoms with Crippen molar-refractivity contribution in [1.29, 1.82) is 5.26 Å². The lowest BCUT2D eigenvalue weighted by Crippen LogP contribution is -2.34. The number of carboxylic acids is 1. The van der Waals surface area contributed by atoms with E-state index in [0.717, 1.165) is 39.7 Å². The number of imidazole rings is 1. The fourth-order valence-electron chi connectivity index (χ4n) is 4.67. The van der Waals surface area contributed by atoms with E-state index >= 15 is 0 Å². The summed E-state index contributed by atoms with van der Waals surface area (Å²) in [5, 5.41) is 21.3. The third kappa shape index (κ3) is 4.34. The Bertz CT molecular complexity index is 1420. The number of carbonyl (C=O) groups is 1. The van der Waals surface area contributed by atoms with Gasteiger partial charge in [0.1, 0.15) is 0 Å². The van der Waals surface area contributed by atoms with E-state index in [1.807, 2.05) is 54.7 Å². The van der Waals surface area contributed by atoms with Crippen LogP contribution in [0.4, 0.5) is 0 Å². The summed E-state index contributed by atoms with van der Waals surface area (Å²) in [5.41, 5.74) is 5.15. The quantitative estimate of drug-likeness (QED) is 0.462. The molecule has 1 aromatic heterocycles. The fraction of sp³-hybridized carbons (Fsp3) is 0.179. The van der Waals surface area contributed by atoms with Crippen molar-refractivity contribution in [3.63, 3.8) is 0 Å². The fourth-order valence-corrected chi connectivity index (χ4v) is 4.67. The molecule has 0 aliphatic carbocycles. The molecule has 0 saturated carbocycles. The van der Waals surface area contributed by atoms with Gasteiger partial charge in [0.05, 0.1) is 29.2 Å². The van der Waals surface area contributed by atoms with E-state index in [1.165, 1.54) is 0 Å². The van der Waals surface area contributed by atoms with Gasteiger partial charge >= 0.3 is 5.97 Å². The molecule has 168 valence electrons. The first-order valence-corrected chi connectivity index (χ1v) is 11.3. The second-order valence-corrected chi connectivity index (χ2v) is 8.57. The van der Waals surface area contributed by atoms with Crippen LogP contribution in [0.3, 0.4) is 0 Å². The van der Waals surface area contributed by atoms with Crippen molar-refractivity contribution in [2.45, 2.75) is 19.5 Å². The number of hydrogen-bond donors (Lipinski definition) is 1. The van der Waals surface area contributed by atoms with Crippen LogP contribution in [0.2, 0.25) is 0 Å². The van der Waals surface area contributed by atoms with Gasteiger partial charge in [-0.1, -0.05) is 54.6 Å². The number of nitriles is 1. The first-order valence-electron chi connectivity index (χ1n) is 11.3. The number of fused-ring (bicyclic) bond motifs is 1. The van der Waals surface area contributed by atoms with Gasteiger partial charge in [-0.25, -0.2) is 9.78 Å². The highest BCUT2D eigenvalue weighted by atomic mass is 16.4. The van der Waals surface area contributed by atoms with Crippen LogP contribution in [0.25, 0.3) is 16.3 Å². The van der Waals surface area contributed by atoms with Crippen molar-refractivity contribution in [3.05, 3.63) is 107 Å². The van der Waals surface area contributed by atoms with Crippen LogP contribution in [0, 0.1) is 11.3 Å². The van der Waals surface area contributed by atoms with E-state index in [4.69, 9.17) is 5.26 Å². The Morgan fingerprint density at radius 1 is 1.03 bits per heavy atom. The summed E-state index contributed by atoms with van der Waals surface area (Å²) in [4.78, 5) is 18.8. The summed E-state index contributed by atoms with van der Waals surface area (Å²) in [6, 6.07) is 23.9. The summed E-state index contributed by atoms with van der Waals surface area (Å²) in [7, 11) is 0. The Morgan fingerprint density at radius 3 is 2.62 bits per heavy atom. The van der Waals surface area contributed by atoms with Gasteiger partial charge in [0, 0.05) is 32.4 Å². The molecular formula is C28H24N4O2. The number of rotatable bonds is 6. The monoisotopic (exact) mass is 448 g/mol. The second kappa shape index (κ2) is 9.34. The lowest BCUT2D eigenvalue weighted by Gasteiger charge is -2.30. The molecule has 4 aromatic rings. The van der Waals surface area contributed by atoms with Crippen LogP contribution in [0.1, 0.15) is 28.8 Å². The predicted molar refractivity (Wildman–Crippen MR) is 131 cm³/mol. The molecule has 5 rings (SSSR count). The van der Waals surface area contributed by atoms with Crippen molar-refractivity contribution in [1.82, 2.24) is 14.5 Å². The van der Waals surface area contributed by atoms with Crippen molar-refractivity contribution >= 4 is 22.3 Å². The number of aromatic nitrogens is 2. The largest absolute Gasteiger partial charge is 0.478 e. The Kier molecular flexibility index (Phi) is 5.94. The molecule has 0 spiro atoms. The highest BCUT2D eigenvalue weighted by molar-refractivity contribution is 6.02. The minimum absolute atomic E-state index is 0.385. The lowest BCUT2D eigenvalue weighted by molar-refractivity contribution is -0.133. The molecule has 0 atom stereocenters. The molecular weight excluding hydrogens is 424 g/mol. The summed E-state index contributed by atoms with van der Waals surface area (Å²) in [6.45, 7) is 2.43. The number of aliphatic carboxylic acids is 1. The molecule has 1 aliphatic rings. The van der Waals surface area contributed by atoms with Crippen LogP contribution < -0.4 is 0 Å². The standard InChI is InChI=1S/C28H24N4O2/c29-14-20-8-10-21(11-9-20)16-32-19-30-15-23(32)17-31-13-12-26(27(18-31)28(33)34)25-7-3-5-22-4-1-2-6-24(22)25/h1-11,15,19H,12-13,16-18H2,(H,33,34). The van der Waals surface area contributed by atoms with E-state index in [2.05, 4.69) is 38.7 Å². The molecule has 0 unspecified atom stereocenters. The molecule has 0 bridgehead atoms. The zero-order chi connectivity index (χ0) is 23.5. The molecule has 0 fully saturated rings. The lowest BCUT2D eigenvalue weighted by atomic mass is 9.90. The molecule has 0 saturated heterocycles.